The van der Waals surface area contributed by atoms with Crippen molar-refractivity contribution in [2.45, 2.75) is 0 Å². The Morgan fingerprint density at radius 2 is 1.62 bits per heavy atom. The van der Waals surface area contributed by atoms with E-state index in [1.807, 2.05) is 0 Å². The molecule has 2 aromatic rings. The molecule has 0 aromatic heterocycles. The average Bonchev–Trinajstić information content (AvgIpc) is 2.12. The maximum absolute atomic E-state index is 13.0. The van der Waals surface area contributed by atoms with Gasteiger partial charge < -0.3 is 0 Å². The number of halogens is 3. The third-order valence-electron chi connectivity index (χ3n) is 1.87. The standard InChI is InChI=1S/C10H5F3/c11-7-2-3-8-6(5-7)1-4-9(12)10(8)13/h1-5H. The molecule has 0 saturated carbocycles. The molecule has 3 heteroatoms. The van der Waals surface area contributed by atoms with Crippen LogP contribution in [0, 0.1) is 17.5 Å². The first-order valence-corrected chi connectivity index (χ1v) is 3.72. The van der Waals surface area contributed by atoms with Crippen molar-refractivity contribution in [3.8, 4) is 0 Å². The van der Waals surface area contributed by atoms with Gasteiger partial charge in [0.1, 0.15) is 5.82 Å². The zero-order chi connectivity index (χ0) is 9.42. The molecule has 0 fully saturated rings. The quantitative estimate of drug-likeness (QED) is 0.586. The minimum atomic E-state index is -0.933. The largest absolute Gasteiger partial charge is 0.207 e. The van der Waals surface area contributed by atoms with Crippen LogP contribution in [-0.2, 0) is 0 Å². The van der Waals surface area contributed by atoms with E-state index in [1.165, 1.54) is 12.1 Å². The Morgan fingerprint density at radius 1 is 0.846 bits per heavy atom. The molecule has 2 aromatic carbocycles. The number of hydrogen-bond acceptors (Lipinski definition) is 0. The van der Waals surface area contributed by atoms with Crippen LogP contribution in [0.1, 0.15) is 0 Å². The Labute approximate surface area is 72.6 Å². The molecule has 0 unspecified atom stereocenters. The molecule has 0 atom stereocenters. The molecule has 0 nitrogen and oxygen atoms in total. The highest BCUT2D eigenvalue weighted by molar-refractivity contribution is 5.83. The predicted molar refractivity (Wildman–Crippen MR) is 43.8 cm³/mol. The van der Waals surface area contributed by atoms with Crippen LogP contribution in [0.2, 0.25) is 0 Å². The van der Waals surface area contributed by atoms with Crippen molar-refractivity contribution in [3.05, 3.63) is 47.8 Å². The Kier molecular flexibility index (Phi) is 1.72. The Balaban J connectivity index is 2.87. The molecule has 0 bridgehead atoms. The van der Waals surface area contributed by atoms with Crippen molar-refractivity contribution in [2.24, 2.45) is 0 Å². The molecule has 0 aliphatic carbocycles. The lowest BCUT2D eigenvalue weighted by atomic mass is 10.1. The van der Waals surface area contributed by atoms with Gasteiger partial charge in [-0.25, -0.2) is 13.2 Å². The van der Waals surface area contributed by atoms with E-state index in [0.29, 0.717) is 5.39 Å². The molecule has 0 saturated heterocycles. The molecule has 0 aliphatic heterocycles. The van der Waals surface area contributed by atoms with Crippen molar-refractivity contribution in [1.29, 1.82) is 0 Å². The topological polar surface area (TPSA) is 0 Å². The summed E-state index contributed by atoms with van der Waals surface area (Å²) in [5.41, 5.74) is 0. The maximum Gasteiger partial charge on any atom is 0.166 e. The normalized spacial score (nSPS) is 10.7. The van der Waals surface area contributed by atoms with Gasteiger partial charge in [0.2, 0.25) is 0 Å². The van der Waals surface area contributed by atoms with Gasteiger partial charge in [0.15, 0.2) is 11.6 Å². The maximum atomic E-state index is 13.0. The molecule has 13 heavy (non-hydrogen) atoms. The van der Waals surface area contributed by atoms with Gasteiger partial charge in [-0.05, 0) is 29.7 Å². The third kappa shape index (κ3) is 1.26. The molecular weight excluding hydrogens is 177 g/mol. The molecule has 0 aliphatic rings. The summed E-state index contributed by atoms with van der Waals surface area (Å²) in [5.74, 6) is -2.31. The predicted octanol–water partition coefficient (Wildman–Crippen LogP) is 3.26. The van der Waals surface area contributed by atoms with Crippen LogP contribution in [0.25, 0.3) is 10.8 Å². The Morgan fingerprint density at radius 3 is 2.38 bits per heavy atom. The summed E-state index contributed by atoms with van der Waals surface area (Å²) in [5, 5.41) is 0.459. The summed E-state index contributed by atoms with van der Waals surface area (Å²) in [6, 6.07) is 5.82. The first-order chi connectivity index (χ1) is 6.18. The third-order valence-corrected chi connectivity index (χ3v) is 1.87. The van der Waals surface area contributed by atoms with Crippen LogP contribution in [0.5, 0.6) is 0 Å². The van der Waals surface area contributed by atoms with Gasteiger partial charge in [0, 0.05) is 5.39 Å². The van der Waals surface area contributed by atoms with E-state index in [4.69, 9.17) is 0 Å². The van der Waals surface area contributed by atoms with E-state index < -0.39 is 17.5 Å². The molecule has 0 amide bonds. The van der Waals surface area contributed by atoms with Crippen molar-refractivity contribution in [3.63, 3.8) is 0 Å². The van der Waals surface area contributed by atoms with Crippen molar-refractivity contribution in [1.82, 2.24) is 0 Å². The molecule has 0 spiro atoms. The minimum absolute atomic E-state index is 0.0985. The summed E-state index contributed by atoms with van der Waals surface area (Å²) < 4.78 is 38.4. The monoisotopic (exact) mass is 182 g/mol. The summed E-state index contributed by atoms with van der Waals surface area (Å²) in [6.07, 6.45) is 0. The highest BCUT2D eigenvalue weighted by atomic mass is 19.2. The zero-order valence-corrected chi connectivity index (χ0v) is 6.52. The van der Waals surface area contributed by atoms with Crippen LogP contribution >= 0.6 is 0 Å². The molecule has 0 heterocycles. The van der Waals surface area contributed by atoms with Gasteiger partial charge in [-0.1, -0.05) is 6.07 Å². The molecule has 66 valence electrons. The second-order valence-corrected chi connectivity index (χ2v) is 2.73. The summed E-state index contributed by atoms with van der Waals surface area (Å²) in [4.78, 5) is 0. The van der Waals surface area contributed by atoms with Gasteiger partial charge in [0.05, 0.1) is 0 Å². The lowest BCUT2D eigenvalue weighted by molar-refractivity contribution is 0.517. The summed E-state index contributed by atoms with van der Waals surface area (Å²) in [7, 11) is 0. The van der Waals surface area contributed by atoms with E-state index in [1.54, 1.807) is 0 Å². The van der Waals surface area contributed by atoms with Crippen molar-refractivity contribution < 1.29 is 13.2 Å². The molecular formula is C10H5F3. The summed E-state index contributed by atoms with van der Waals surface area (Å²) in [6.45, 7) is 0. The lowest BCUT2D eigenvalue weighted by Gasteiger charge is -1.99. The number of rotatable bonds is 0. The fourth-order valence-corrected chi connectivity index (χ4v) is 1.24. The number of hydrogen-bond donors (Lipinski definition) is 0. The summed E-state index contributed by atoms with van der Waals surface area (Å²) >= 11 is 0. The van der Waals surface area contributed by atoms with Gasteiger partial charge in [-0.2, -0.15) is 0 Å². The number of fused-ring (bicyclic) bond motifs is 1. The van der Waals surface area contributed by atoms with Gasteiger partial charge in [-0.3, -0.25) is 0 Å². The van der Waals surface area contributed by atoms with Crippen LogP contribution in [-0.4, -0.2) is 0 Å². The van der Waals surface area contributed by atoms with Gasteiger partial charge in [-0.15, -0.1) is 0 Å². The highest BCUT2D eigenvalue weighted by Crippen LogP contribution is 2.20. The Hall–Kier alpha value is -1.51. The fourth-order valence-electron chi connectivity index (χ4n) is 1.24. The first-order valence-electron chi connectivity index (χ1n) is 3.72. The lowest BCUT2D eigenvalue weighted by Crippen LogP contribution is -1.86. The van der Waals surface area contributed by atoms with E-state index in [0.717, 1.165) is 18.2 Å². The van der Waals surface area contributed by atoms with Crippen molar-refractivity contribution >= 4 is 10.8 Å². The van der Waals surface area contributed by atoms with Crippen molar-refractivity contribution in [2.75, 3.05) is 0 Å². The minimum Gasteiger partial charge on any atom is -0.207 e. The molecule has 0 N–H and O–H groups in total. The smallest absolute Gasteiger partial charge is 0.166 e. The van der Waals surface area contributed by atoms with E-state index in [2.05, 4.69) is 0 Å². The van der Waals surface area contributed by atoms with E-state index in [-0.39, 0.29) is 5.39 Å². The van der Waals surface area contributed by atoms with E-state index in [9.17, 15) is 13.2 Å². The molecule has 2 rings (SSSR count). The van der Waals surface area contributed by atoms with Crippen LogP contribution in [0.3, 0.4) is 0 Å². The first kappa shape index (κ1) is 8.10. The van der Waals surface area contributed by atoms with Gasteiger partial charge >= 0.3 is 0 Å². The SMILES string of the molecule is Fc1ccc2c(F)c(F)ccc2c1. The van der Waals surface area contributed by atoms with E-state index >= 15 is 0 Å². The van der Waals surface area contributed by atoms with Crippen LogP contribution < -0.4 is 0 Å². The number of benzene rings is 2. The second-order valence-electron chi connectivity index (χ2n) is 2.73. The van der Waals surface area contributed by atoms with Crippen LogP contribution in [0.15, 0.2) is 30.3 Å². The van der Waals surface area contributed by atoms with Crippen LogP contribution in [0.4, 0.5) is 13.2 Å². The second kappa shape index (κ2) is 2.76. The average molecular weight is 182 g/mol. The van der Waals surface area contributed by atoms with Gasteiger partial charge in [0.25, 0.3) is 0 Å². The Bertz CT molecular complexity index is 463. The molecule has 0 radical (unpaired) electrons. The zero-order valence-electron chi connectivity index (χ0n) is 6.52. The highest BCUT2D eigenvalue weighted by Gasteiger charge is 2.06. The fraction of sp³-hybridized carbons (Fsp3) is 0.